The van der Waals surface area contributed by atoms with Crippen molar-refractivity contribution in [1.82, 2.24) is 20.4 Å². The van der Waals surface area contributed by atoms with Crippen molar-refractivity contribution in [3.8, 4) is 0 Å². The molecule has 2 aliphatic heterocycles. The van der Waals surface area contributed by atoms with E-state index in [2.05, 4.69) is 55.8 Å². The zero-order valence-electron chi connectivity index (χ0n) is 18.3. The van der Waals surface area contributed by atoms with E-state index < -0.39 is 0 Å². The van der Waals surface area contributed by atoms with Crippen molar-refractivity contribution in [3.63, 3.8) is 0 Å². The number of hydrogen-bond donors (Lipinski definition) is 2. The Hall–Kier alpha value is -1.63. The molecule has 1 unspecified atom stereocenters. The second-order valence-electron chi connectivity index (χ2n) is 8.28. The predicted molar refractivity (Wildman–Crippen MR) is 120 cm³/mol. The largest absolute Gasteiger partial charge is 0.383 e. The van der Waals surface area contributed by atoms with E-state index in [9.17, 15) is 0 Å². The monoisotopic (exact) mass is 401 g/mol. The Kier molecular flexibility index (Phi) is 9.25. The summed E-state index contributed by atoms with van der Waals surface area (Å²) in [5, 5.41) is 7.16. The smallest absolute Gasteiger partial charge is 0.191 e. The summed E-state index contributed by atoms with van der Waals surface area (Å²) in [4.78, 5) is 9.58. The van der Waals surface area contributed by atoms with Gasteiger partial charge < -0.3 is 20.3 Å². The summed E-state index contributed by atoms with van der Waals surface area (Å²) in [5.41, 5.74) is 1.39. The van der Waals surface area contributed by atoms with Gasteiger partial charge in [0, 0.05) is 33.8 Å². The van der Waals surface area contributed by atoms with Crippen molar-refractivity contribution in [3.05, 3.63) is 35.9 Å². The first-order valence-corrected chi connectivity index (χ1v) is 11.2. The van der Waals surface area contributed by atoms with Gasteiger partial charge in [-0.15, -0.1) is 0 Å². The Morgan fingerprint density at radius 1 is 1.10 bits per heavy atom. The number of ether oxygens (including phenoxy) is 1. The lowest BCUT2D eigenvalue weighted by atomic mass is 9.97. The molecule has 2 aliphatic rings. The number of rotatable bonds is 9. The van der Waals surface area contributed by atoms with Crippen LogP contribution in [0.25, 0.3) is 0 Å². The van der Waals surface area contributed by atoms with Crippen molar-refractivity contribution in [2.75, 3.05) is 66.6 Å². The van der Waals surface area contributed by atoms with Gasteiger partial charge >= 0.3 is 0 Å². The van der Waals surface area contributed by atoms with E-state index in [4.69, 9.17) is 4.74 Å². The van der Waals surface area contributed by atoms with Crippen molar-refractivity contribution in [1.29, 1.82) is 0 Å². The van der Waals surface area contributed by atoms with E-state index in [1.54, 1.807) is 7.11 Å². The van der Waals surface area contributed by atoms with Crippen LogP contribution in [0.3, 0.4) is 0 Å². The fraction of sp³-hybridized carbons (Fsp3) is 0.696. The van der Waals surface area contributed by atoms with Crippen LogP contribution in [-0.4, -0.2) is 82.3 Å². The van der Waals surface area contributed by atoms with Gasteiger partial charge in [0.15, 0.2) is 5.96 Å². The number of benzene rings is 1. The standard InChI is InChI=1S/C23H39N5O/c1-24-23(25-18-20-10-14-27(15-11-20)16-17-29-2)26-19-22(28-12-6-7-13-28)21-8-4-3-5-9-21/h3-5,8-9,20,22H,6-7,10-19H2,1-2H3,(H2,24,25,26). The second-order valence-corrected chi connectivity index (χ2v) is 8.28. The molecule has 2 fully saturated rings. The van der Waals surface area contributed by atoms with Crippen LogP contribution in [-0.2, 0) is 4.74 Å². The molecule has 1 aromatic rings. The van der Waals surface area contributed by atoms with Crippen LogP contribution in [0, 0.1) is 5.92 Å². The van der Waals surface area contributed by atoms with Gasteiger partial charge in [0.1, 0.15) is 0 Å². The van der Waals surface area contributed by atoms with E-state index in [1.807, 2.05) is 7.05 Å². The van der Waals surface area contributed by atoms with Gasteiger partial charge in [0.25, 0.3) is 0 Å². The summed E-state index contributed by atoms with van der Waals surface area (Å²) in [6, 6.07) is 11.3. The maximum atomic E-state index is 5.20. The van der Waals surface area contributed by atoms with Crippen molar-refractivity contribution >= 4 is 5.96 Å². The molecule has 3 rings (SSSR count). The first-order chi connectivity index (χ1) is 14.3. The molecular weight excluding hydrogens is 362 g/mol. The third-order valence-electron chi connectivity index (χ3n) is 6.33. The van der Waals surface area contributed by atoms with Crippen LogP contribution in [0.2, 0.25) is 0 Å². The van der Waals surface area contributed by atoms with Crippen LogP contribution in [0.15, 0.2) is 35.3 Å². The Labute approximate surface area is 176 Å². The Balaban J connectivity index is 1.44. The molecule has 0 amide bonds. The molecule has 0 radical (unpaired) electrons. The Morgan fingerprint density at radius 3 is 2.48 bits per heavy atom. The summed E-state index contributed by atoms with van der Waals surface area (Å²) < 4.78 is 5.20. The molecule has 0 aromatic heterocycles. The first kappa shape index (κ1) is 22.1. The number of guanidine groups is 1. The maximum absolute atomic E-state index is 5.20. The van der Waals surface area contributed by atoms with Crippen molar-refractivity contribution < 1.29 is 4.74 Å². The van der Waals surface area contributed by atoms with Gasteiger partial charge in [0.2, 0.25) is 0 Å². The molecule has 0 spiro atoms. The Morgan fingerprint density at radius 2 is 1.83 bits per heavy atom. The topological polar surface area (TPSA) is 52.1 Å². The van der Waals surface area contributed by atoms with Crippen LogP contribution >= 0.6 is 0 Å². The normalized spacial score (nSPS) is 20.7. The van der Waals surface area contributed by atoms with Crippen LogP contribution in [0.5, 0.6) is 0 Å². The van der Waals surface area contributed by atoms with Gasteiger partial charge in [-0.1, -0.05) is 30.3 Å². The van der Waals surface area contributed by atoms with Gasteiger partial charge in [-0.3, -0.25) is 9.89 Å². The van der Waals surface area contributed by atoms with E-state index in [-0.39, 0.29) is 0 Å². The number of nitrogens with one attached hydrogen (secondary N) is 2. The first-order valence-electron chi connectivity index (χ1n) is 11.2. The maximum Gasteiger partial charge on any atom is 0.191 e. The number of hydrogen-bond acceptors (Lipinski definition) is 4. The van der Waals surface area contributed by atoms with Gasteiger partial charge in [-0.2, -0.15) is 0 Å². The van der Waals surface area contributed by atoms with Crippen LogP contribution in [0.1, 0.15) is 37.3 Å². The number of piperidine rings is 1. The fourth-order valence-electron chi connectivity index (χ4n) is 4.48. The number of methoxy groups -OCH3 is 1. The molecule has 0 aliphatic carbocycles. The highest BCUT2D eigenvalue weighted by atomic mass is 16.5. The molecule has 1 atom stereocenters. The minimum atomic E-state index is 0.404. The molecule has 2 saturated heterocycles. The molecular formula is C23H39N5O. The van der Waals surface area contributed by atoms with E-state index >= 15 is 0 Å². The van der Waals surface area contributed by atoms with Crippen LogP contribution < -0.4 is 10.6 Å². The number of nitrogens with zero attached hydrogens (tertiary/aromatic N) is 3. The SMILES string of the molecule is CN=C(NCC1CCN(CCOC)CC1)NCC(c1ccccc1)N1CCCC1. The van der Waals surface area contributed by atoms with Gasteiger partial charge in [0.05, 0.1) is 12.6 Å². The lowest BCUT2D eigenvalue weighted by Gasteiger charge is -2.32. The van der Waals surface area contributed by atoms with E-state index in [1.165, 1.54) is 57.4 Å². The second kappa shape index (κ2) is 12.2. The van der Waals surface area contributed by atoms with E-state index in [0.717, 1.165) is 38.1 Å². The summed E-state index contributed by atoms with van der Waals surface area (Å²) in [7, 11) is 3.65. The summed E-state index contributed by atoms with van der Waals surface area (Å²) in [6.45, 7) is 8.50. The fourth-order valence-corrected chi connectivity index (χ4v) is 4.48. The quantitative estimate of drug-likeness (QED) is 0.491. The highest BCUT2D eigenvalue weighted by molar-refractivity contribution is 5.79. The minimum Gasteiger partial charge on any atom is -0.383 e. The van der Waals surface area contributed by atoms with E-state index in [0.29, 0.717) is 6.04 Å². The summed E-state index contributed by atoms with van der Waals surface area (Å²) in [6.07, 6.45) is 5.10. The third-order valence-corrected chi connectivity index (χ3v) is 6.33. The molecule has 2 N–H and O–H groups in total. The lowest BCUT2D eigenvalue weighted by molar-refractivity contribution is 0.121. The molecule has 2 heterocycles. The molecule has 0 bridgehead atoms. The molecule has 162 valence electrons. The zero-order chi connectivity index (χ0) is 20.3. The lowest BCUT2D eigenvalue weighted by Crippen LogP contribution is -2.45. The van der Waals surface area contributed by atoms with Crippen molar-refractivity contribution in [2.45, 2.75) is 31.7 Å². The molecule has 6 nitrogen and oxygen atoms in total. The van der Waals surface area contributed by atoms with Gasteiger partial charge in [-0.25, -0.2) is 0 Å². The zero-order valence-corrected chi connectivity index (χ0v) is 18.3. The van der Waals surface area contributed by atoms with Crippen molar-refractivity contribution in [2.24, 2.45) is 10.9 Å². The minimum absolute atomic E-state index is 0.404. The summed E-state index contributed by atoms with van der Waals surface area (Å²) >= 11 is 0. The highest BCUT2D eigenvalue weighted by Gasteiger charge is 2.24. The van der Waals surface area contributed by atoms with Gasteiger partial charge in [-0.05, 0) is 63.3 Å². The highest BCUT2D eigenvalue weighted by Crippen LogP contribution is 2.24. The predicted octanol–water partition coefficient (Wildman–Crippen LogP) is 2.35. The number of likely N-dealkylation sites (tertiary alicyclic amines) is 2. The molecule has 1 aromatic carbocycles. The third kappa shape index (κ3) is 6.98. The average molecular weight is 402 g/mol. The average Bonchev–Trinajstić information content (AvgIpc) is 3.30. The Bertz CT molecular complexity index is 595. The number of aliphatic imine (C=N–C) groups is 1. The summed E-state index contributed by atoms with van der Waals surface area (Å²) in [5.74, 6) is 1.64. The molecule has 29 heavy (non-hydrogen) atoms. The molecule has 0 saturated carbocycles. The van der Waals surface area contributed by atoms with Crippen LogP contribution in [0.4, 0.5) is 0 Å². The molecule has 6 heteroatoms.